The van der Waals surface area contributed by atoms with Gasteiger partial charge in [-0.25, -0.2) is 14.2 Å². The lowest BCUT2D eigenvalue weighted by atomic mass is 9.83. The number of carbonyl (C=O) groups is 1. The second-order valence-corrected chi connectivity index (χ2v) is 10.3. The minimum atomic E-state index is -0.969. The molecule has 35 heavy (non-hydrogen) atoms. The molecule has 0 saturated carbocycles. The van der Waals surface area contributed by atoms with Crippen molar-refractivity contribution in [3.8, 4) is 0 Å². The number of benzene rings is 1. The van der Waals surface area contributed by atoms with Gasteiger partial charge in [0.05, 0.1) is 11.3 Å². The smallest absolute Gasteiger partial charge is 0.339 e. The van der Waals surface area contributed by atoms with Gasteiger partial charge in [0.15, 0.2) is 0 Å². The molecule has 1 N–H and O–H groups in total. The Kier molecular flexibility index (Phi) is 6.29. The van der Waals surface area contributed by atoms with Gasteiger partial charge in [0.1, 0.15) is 11.4 Å². The van der Waals surface area contributed by atoms with Gasteiger partial charge in [-0.2, -0.15) is 0 Å². The molecule has 3 heterocycles. The van der Waals surface area contributed by atoms with Crippen molar-refractivity contribution in [2.45, 2.75) is 50.5 Å². The van der Waals surface area contributed by atoms with E-state index in [9.17, 15) is 9.59 Å². The third-order valence-electron chi connectivity index (χ3n) is 7.63. The van der Waals surface area contributed by atoms with E-state index in [0.29, 0.717) is 48.7 Å². The summed E-state index contributed by atoms with van der Waals surface area (Å²) in [6, 6.07) is 3.28. The minimum Gasteiger partial charge on any atom is -0.450 e. The third kappa shape index (κ3) is 4.42. The molecule has 1 spiro atoms. The van der Waals surface area contributed by atoms with E-state index in [0.717, 1.165) is 56.5 Å². The zero-order chi connectivity index (χ0) is 24.7. The highest BCUT2D eigenvalue weighted by Gasteiger charge is 2.50. The molecule has 2 aromatic rings. The van der Waals surface area contributed by atoms with Crippen molar-refractivity contribution < 1.29 is 13.9 Å². The maximum atomic E-state index is 15.5. The number of aromatic amines is 1. The van der Waals surface area contributed by atoms with E-state index in [-0.39, 0.29) is 5.56 Å². The topological polar surface area (TPSA) is 81.8 Å². The molecule has 0 bridgehead atoms. The predicted octanol–water partition coefficient (Wildman–Crippen LogP) is 2.84. The summed E-state index contributed by atoms with van der Waals surface area (Å²) < 4.78 is 21.3. The number of aryl methyl sites for hydroxylation is 1. The van der Waals surface area contributed by atoms with Gasteiger partial charge in [0.25, 0.3) is 5.56 Å². The van der Waals surface area contributed by atoms with Crippen LogP contribution in [0.2, 0.25) is 0 Å². The molecular formula is C26H34FN5O3. The lowest BCUT2D eigenvalue weighted by Crippen LogP contribution is -2.44. The summed E-state index contributed by atoms with van der Waals surface area (Å²) in [5.74, 6) is -0.294. The van der Waals surface area contributed by atoms with E-state index >= 15 is 4.39 Å². The van der Waals surface area contributed by atoms with Gasteiger partial charge in [0.2, 0.25) is 5.95 Å². The van der Waals surface area contributed by atoms with Crippen LogP contribution in [0.25, 0.3) is 0 Å². The molecule has 1 aromatic carbocycles. The quantitative estimate of drug-likeness (QED) is 0.633. The van der Waals surface area contributed by atoms with Crippen molar-refractivity contribution in [2.75, 3.05) is 57.1 Å². The highest BCUT2D eigenvalue weighted by molar-refractivity contribution is 5.96. The van der Waals surface area contributed by atoms with E-state index in [1.807, 2.05) is 30.9 Å². The highest BCUT2D eigenvalue weighted by atomic mass is 19.1. The molecule has 3 aliphatic rings. The fourth-order valence-electron chi connectivity index (χ4n) is 5.65. The standard InChI is InChI=1S/C26H34FN5O3/c1-30(2)11-6-12-31(3)17-15-19-22(20(27)16-17)26(35-24(19)34)9-13-32(14-10-26)25-28-21-8-5-4-7-18(21)23(33)29-25/h15-16H,4-14H2,1-3H3,(H,28,29,33). The zero-order valence-corrected chi connectivity index (χ0v) is 20.8. The molecule has 8 nitrogen and oxygen atoms in total. The van der Waals surface area contributed by atoms with Crippen LogP contribution in [0.4, 0.5) is 16.0 Å². The zero-order valence-electron chi connectivity index (χ0n) is 20.8. The fraction of sp³-hybridized carbons (Fsp3) is 0.577. The lowest BCUT2D eigenvalue weighted by molar-refractivity contribution is -0.0225. The van der Waals surface area contributed by atoms with E-state index in [4.69, 9.17) is 9.72 Å². The van der Waals surface area contributed by atoms with Gasteiger partial charge in [-0.05, 0) is 64.9 Å². The van der Waals surface area contributed by atoms with Crippen LogP contribution in [0.3, 0.4) is 0 Å². The number of H-pyrrole nitrogens is 1. The number of rotatable bonds is 6. The van der Waals surface area contributed by atoms with Crippen LogP contribution in [-0.2, 0) is 23.2 Å². The summed E-state index contributed by atoms with van der Waals surface area (Å²) in [4.78, 5) is 39.2. The number of halogens is 1. The molecule has 1 aliphatic carbocycles. The summed E-state index contributed by atoms with van der Waals surface area (Å²) in [7, 11) is 5.96. The van der Waals surface area contributed by atoms with E-state index in [2.05, 4.69) is 9.88 Å². The van der Waals surface area contributed by atoms with Crippen molar-refractivity contribution in [1.82, 2.24) is 14.9 Å². The van der Waals surface area contributed by atoms with Gasteiger partial charge in [-0.1, -0.05) is 0 Å². The first-order chi connectivity index (χ1) is 16.8. The lowest BCUT2D eigenvalue weighted by Gasteiger charge is -2.39. The Morgan fingerprint density at radius 3 is 2.60 bits per heavy atom. The molecule has 5 rings (SSSR count). The van der Waals surface area contributed by atoms with Crippen LogP contribution in [0.15, 0.2) is 16.9 Å². The molecule has 188 valence electrons. The summed E-state index contributed by atoms with van der Waals surface area (Å²) in [6.07, 6.45) is 5.50. The summed E-state index contributed by atoms with van der Waals surface area (Å²) >= 11 is 0. The van der Waals surface area contributed by atoms with Crippen LogP contribution in [-0.4, -0.2) is 68.2 Å². The summed E-state index contributed by atoms with van der Waals surface area (Å²) in [5.41, 5.74) is 2.05. The first-order valence-electron chi connectivity index (χ1n) is 12.6. The Hall–Kier alpha value is -2.94. The van der Waals surface area contributed by atoms with Crippen molar-refractivity contribution in [2.24, 2.45) is 0 Å². The molecule has 0 radical (unpaired) electrons. The largest absolute Gasteiger partial charge is 0.450 e. The van der Waals surface area contributed by atoms with Crippen molar-refractivity contribution in [1.29, 1.82) is 0 Å². The number of anilines is 2. The van der Waals surface area contributed by atoms with Crippen LogP contribution in [0, 0.1) is 5.82 Å². The normalized spacial score (nSPS) is 18.5. The highest BCUT2D eigenvalue weighted by Crippen LogP contribution is 2.46. The Balaban J connectivity index is 1.34. The number of hydrogen-bond donors (Lipinski definition) is 1. The van der Waals surface area contributed by atoms with Gasteiger partial charge >= 0.3 is 5.97 Å². The molecule has 1 aromatic heterocycles. The molecular weight excluding hydrogens is 449 g/mol. The Bertz CT molecular complexity index is 1190. The van der Waals surface area contributed by atoms with E-state index in [1.54, 1.807) is 6.07 Å². The van der Waals surface area contributed by atoms with Gasteiger partial charge in [0, 0.05) is 56.3 Å². The number of nitrogens with zero attached hydrogens (tertiary/aromatic N) is 4. The van der Waals surface area contributed by atoms with Gasteiger partial charge in [-0.15, -0.1) is 0 Å². The van der Waals surface area contributed by atoms with E-state index in [1.165, 1.54) is 6.07 Å². The number of carbonyl (C=O) groups excluding carboxylic acids is 1. The first-order valence-corrected chi connectivity index (χ1v) is 12.6. The number of nitrogens with one attached hydrogen (secondary N) is 1. The predicted molar refractivity (Wildman–Crippen MR) is 133 cm³/mol. The van der Waals surface area contributed by atoms with Gasteiger partial charge < -0.3 is 19.4 Å². The van der Waals surface area contributed by atoms with Crippen molar-refractivity contribution in [3.63, 3.8) is 0 Å². The maximum Gasteiger partial charge on any atom is 0.339 e. The fourth-order valence-corrected chi connectivity index (χ4v) is 5.65. The number of aromatic nitrogens is 2. The van der Waals surface area contributed by atoms with E-state index < -0.39 is 17.4 Å². The molecule has 0 amide bonds. The number of piperidine rings is 1. The second-order valence-electron chi connectivity index (χ2n) is 10.3. The summed E-state index contributed by atoms with van der Waals surface area (Å²) in [5, 5.41) is 0. The number of hydrogen-bond acceptors (Lipinski definition) is 7. The molecule has 1 fully saturated rings. The molecule has 0 unspecified atom stereocenters. The Morgan fingerprint density at radius 1 is 1.11 bits per heavy atom. The molecule has 2 aliphatic heterocycles. The van der Waals surface area contributed by atoms with Crippen LogP contribution in [0.5, 0.6) is 0 Å². The number of esters is 1. The monoisotopic (exact) mass is 483 g/mol. The molecule has 9 heteroatoms. The second kappa shape index (κ2) is 9.26. The third-order valence-corrected chi connectivity index (χ3v) is 7.63. The average molecular weight is 484 g/mol. The maximum absolute atomic E-state index is 15.5. The minimum absolute atomic E-state index is 0.0594. The van der Waals surface area contributed by atoms with Crippen molar-refractivity contribution >= 4 is 17.6 Å². The van der Waals surface area contributed by atoms with Crippen LogP contribution >= 0.6 is 0 Å². The molecule has 0 atom stereocenters. The molecule has 1 saturated heterocycles. The first kappa shape index (κ1) is 23.8. The SMILES string of the molecule is CN(C)CCCN(C)c1cc(F)c2c(c1)C(=O)OC21CCN(c2nc3c(c(=O)[nH]2)CCCC3)CC1. The van der Waals surface area contributed by atoms with Crippen LogP contribution < -0.4 is 15.4 Å². The van der Waals surface area contributed by atoms with Crippen molar-refractivity contribution in [3.05, 3.63) is 50.7 Å². The Labute approximate surface area is 205 Å². The number of fused-ring (bicyclic) bond motifs is 3. The number of ether oxygens (including phenoxy) is 1. The Morgan fingerprint density at radius 2 is 1.86 bits per heavy atom. The van der Waals surface area contributed by atoms with Crippen LogP contribution in [0.1, 0.15) is 59.3 Å². The average Bonchev–Trinajstić information content (AvgIpc) is 3.10. The van der Waals surface area contributed by atoms with Gasteiger partial charge in [-0.3, -0.25) is 9.78 Å². The summed E-state index contributed by atoms with van der Waals surface area (Å²) in [6.45, 7) is 2.72.